The molecule has 9 heteroatoms. The second-order valence-electron chi connectivity index (χ2n) is 3.93. The Kier molecular flexibility index (Phi) is 4.85. The molecule has 0 aliphatic heterocycles. The van der Waals surface area contributed by atoms with E-state index in [1.807, 2.05) is 0 Å². The van der Waals surface area contributed by atoms with E-state index >= 15 is 0 Å². The number of benzene rings is 1. The number of ether oxygens (including phenoxy) is 1. The van der Waals surface area contributed by atoms with Crippen molar-refractivity contribution in [2.75, 3.05) is 6.61 Å². The summed E-state index contributed by atoms with van der Waals surface area (Å²) in [5, 5.41) is 0. The van der Waals surface area contributed by atoms with Gasteiger partial charge in [0.25, 0.3) is 0 Å². The molecule has 0 saturated carbocycles. The number of rotatable bonds is 3. The molecule has 0 bridgehead atoms. The molecular formula is C12H9F7O2. The van der Waals surface area contributed by atoms with Crippen molar-refractivity contribution >= 4 is 5.97 Å². The van der Waals surface area contributed by atoms with Crippen LogP contribution in [0.5, 0.6) is 0 Å². The lowest BCUT2D eigenvalue weighted by Crippen LogP contribution is -2.19. The highest BCUT2D eigenvalue weighted by Crippen LogP contribution is 2.39. The van der Waals surface area contributed by atoms with Gasteiger partial charge in [0, 0.05) is 5.56 Å². The maximum absolute atomic E-state index is 13.7. The minimum Gasteiger partial charge on any atom is -0.466 e. The lowest BCUT2D eigenvalue weighted by Gasteiger charge is -2.17. The predicted octanol–water partition coefficient (Wildman–Crippen LogP) is 3.97. The van der Waals surface area contributed by atoms with Crippen molar-refractivity contribution in [3.8, 4) is 0 Å². The summed E-state index contributed by atoms with van der Waals surface area (Å²) in [6.07, 6.45) is -11.5. The molecule has 0 aliphatic rings. The number of alkyl halides is 6. The van der Waals surface area contributed by atoms with E-state index in [0.29, 0.717) is 0 Å². The first-order valence-electron chi connectivity index (χ1n) is 5.59. The van der Waals surface area contributed by atoms with Crippen LogP contribution in [0.4, 0.5) is 30.7 Å². The van der Waals surface area contributed by atoms with E-state index in [9.17, 15) is 35.5 Å². The Bertz CT molecular complexity index is 532. The van der Waals surface area contributed by atoms with Gasteiger partial charge in [0.1, 0.15) is 5.82 Å². The largest absolute Gasteiger partial charge is 0.466 e. The standard InChI is InChI=1S/C12H9F7O2/c1-2-21-9(20)5-6-7(11(14,15)16)3-4-8(10(6)13)12(17,18)19/h3-4H,2,5H2,1H3. The second-order valence-corrected chi connectivity index (χ2v) is 3.93. The van der Waals surface area contributed by atoms with Gasteiger partial charge in [-0.1, -0.05) is 0 Å². The Morgan fingerprint density at radius 2 is 1.52 bits per heavy atom. The normalized spacial score (nSPS) is 12.4. The number of carbonyl (C=O) groups is 1. The zero-order valence-corrected chi connectivity index (χ0v) is 10.5. The van der Waals surface area contributed by atoms with Crippen molar-refractivity contribution in [3.63, 3.8) is 0 Å². The van der Waals surface area contributed by atoms with Crippen molar-refractivity contribution in [2.24, 2.45) is 0 Å². The third-order valence-corrected chi connectivity index (χ3v) is 2.48. The van der Waals surface area contributed by atoms with Gasteiger partial charge in [0.15, 0.2) is 0 Å². The molecule has 0 atom stereocenters. The first kappa shape index (κ1) is 17.3. The summed E-state index contributed by atoms with van der Waals surface area (Å²) in [6, 6.07) is 0.0905. The van der Waals surface area contributed by atoms with Crippen LogP contribution in [0.25, 0.3) is 0 Å². The highest BCUT2D eigenvalue weighted by atomic mass is 19.4. The molecule has 0 fully saturated rings. The summed E-state index contributed by atoms with van der Waals surface area (Å²) in [5.41, 5.74) is -4.88. The molecule has 2 nitrogen and oxygen atoms in total. The van der Waals surface area contributed by atoms with Crippen molar-refractivity contribution in [1.82, 2.24) is 0 Å². The fraction of sp³-hybridized carbons (Fsp3) is 0.417. The second kappa shape index (κ2) is 5.90. The topological polar surface area (TPSA) is 26.3 Å². The van der Waals surface area contributed by atoms with Gasteiger partial charge in [-0.25, -0.2) is 4.39 Å². The summed E-state index contributed by atoms with van der Waals surface area (Å²) in [6.45, 7) is 1.16. The molecule has 0 amide bonds. The van der Waals surface area contributed by atoms with E-state index in [1.165, 1.54) is 6.92 Å². The summed E-state index contributed by atoms with van der Waals surface area (Å²) < 4.78 is 93.7. The number of hydrogen-bond donors (Lipinski definition) is 0. The Morgan fingerprint density at radius 3 is 1.95 bits per heavy atom. The van der Waals surface area contributed by atoms with Crippen molar-refractivity contribution in [3.05, 3.63) is 34.6 Å². The smallest absolute Gasteiger partial charge is 0.419 e. The number of hydrogen-bond acceptors (Lipinski definition) is 2. The minimum atomic E-state index is -5.17. The third-order valence-electron chi connectivity index (χ3n) is 2.48. The minimum absolute atomic E-state index is 0.00713. The SMILES string of the molecule is CCOC(=O)Cc1c(C(F)(F)F)ccc(C(F)(F)F)c1F. The van der Waals surface area contributed by atoms with Crippen LogP contribution in [0.3, 0.4) is 0 Å². The Balaban J connectivity index is 3.43. The molecule has 1 aromatic carbocycles. The molecule has 0 aliphatic carbocycles. The van der Waals surface area contributed by atoms with E-state index in [0.717, 1.165) is 0 Å². The molecule has 0 unspecified atom stereocenters. The van der Waals surface area contributed by atoms with Crippen LogP contribution in [-0.4, -0.2) is 12.6 Å². The molecule has 0 spiro atoms. The maximum Gasteiger partial charge on any atom is 0.419 e. The van der Waals surface area contributed by atoms with Crippen LogP contribution >= 0.6 is 0 Å². The lowest BCUT2D eigenvalue weighted by atomic mass is 9.99. The van der Waals surface area contributed by atoms with Gasteiger partial charge in [-0.3, -0.25) is 4.79 Å². The van der Waals surface area contributed by atoms with Crippen LogP contribution in [0.2, 0.25) is 0 Å². The molecule has 21 heavy (non-hydrogen) atoms. The van der Waals surface area contributed by atoms with Gasteiger partial charge >= 0.3 is 18.3 Å². The molecule has 0 saturated heterocycles. The van der Waals surface area contributed by atoms with Crippen LogP contribution in [0, 0.1) is 5.82 Å². The van der Waals surface area contributed by atoms with E-state index in [1.54, 1.807) is 0 Å². The van der Waals surface area contributed by atoms with Crippen LogP contribution in [-0.2, 0) is 28.3 Å². The van der Waals surface area contributed by atoms with Crippen molar-refractivity contribution in [1.29, 1.82) is 0 Å². The van der Waals surface area contributed by atoms with Gasteiger partial charge in [0.05, 0.1) is 24.2 Å². The summed E-state index contributed by atoms with van der Waals surface area (Å²) in [7, 11) is 0. The Hall–Kier alpha value is -1.80. The van der Waals surface area contributed by atoms with Crippen LogP contribution in [0.15, 0.2) is 12.1 Å². The van der Waals surface area contributed by atoms with Crippen LogP contribution < -0.4 is 0 Å². The zero-order chi connectivity index (χ0) is 16.4. The van der Waals surface area contributed by atoms with Crippen molar-refractivity contribution in [2.45, 2.75) is 25.7 Å². The Labute approximate surface area is 114 Å². The van der Waals surface area contributed by atoms with Gasteiger partial charge in [-0.05, 0) is 19.1 Å². The molecule has 0 radical (unpaired) electrons. The molecule has 0 N–H and O–H groups in total. The summed E-state index contributed by atoms with van der Waals surface area (Å²) >= 11 is 0. The lowest BCUT2D eigenvalue weighted by molar-refractivity contribution is -0.146. The molecule has 0 aromatic heterocycles. The average molecular weight is 318 g/mol. The molecule has 1 aromatic rings. The highest BCUT2D eigenvalue weighted by molar-refractivity contribution is 5.73. The molecular weight excluding hydrogens is 309 g/mol. The molecule has 0 heterocycles. The quantitative estimate of drug-likeness (QED) is 0.623. The van der Waals surface area contributed by atoms with Gasteiger partial charge < -0.3 is 4.74 Å². The number of halogens is 7. The van der Waals surface area contributed by atoms with E-state index in [2.05, 4.69) is 4.74 Å². The van der Waals surface area contributed by atoms with Gasteiger partial charge in [-0.15, -0.1) is 0 Å². The van der Waals surface area contributed by atoms with Crippen LogP contribution in [0.1, 0.15) is 23.6 Å². The predicted molar refractivity (Wildman–Crippen MR) is 56.7 cm³/mol. The average Bonchev–Trinajstić information content (AvgIpc) is 2.28. The van der Waals surface area contributed by atoms with E-state index in [-0.39, 0.29) is 18.7 Å². The summed E-state index contributed by atoms with van der Waals surface area (Å²) in [4.78, 5) is 11.2. The fourth-order valence-electron chi connectivity index (χ4n) is 1.63. The van der Waals surface area contributed by atoms with E-state index in [4.69, 9.17) is 0 Å². The molecule has 1 rings (SSSR count). The molecule has 118 valence electrons. The Morgan fingerprint density at radius 1 is 1.05 bits per heavy atom. The van der Waals surface area contributed by atoms with Crippen molar-refractivity contribution < 1.29 is 40.3 Å². The summed E-state index contributed by atoms with van der Waals surface area (Å²) in [5.74, 6) is -3.37. The van der Waals surface area contributed by atoms with Gasteiger partial charge in [-0.2, -0.15) is 26.3 Å². The monoisotopic (exact) mass is 318 g/mol. The fourth-order valence-corrected chi connectivity index (χ4v) is 1.63. The zero-order valence-electron chi connectivity index (χ0n) is 10.5. The third kappa shape index (κ3) is 4.08. The first-order chi connectivity index (χ1) is 9.48. The maximum atomic E-state index is 13.7. The first-order valence-corrected chi connectivity index (χ1v) is 5.59. The number of esters is 1. The van der Waals surface area contributed by atoms with Gasteiger partial charge in [0.2, 0.25) is 0 Å². The highest BCUT2D eigenvalue weighted by Gasteiger charge is 2.41. The number of carbonyl (C=O) groups excluding carboxylic acids is 1. The van der Waals surface area contributed by atoms with E-state index < -0.39 is 47.3 Å².